The predicted octanol–water partition coefficient (Wildman–Crippen LogP) is 6.71. The molecule has 0 aliphatic rings. The smallest absolute Gasteiger partial charge is 0.284 e. The van der Waals surface area contributed by atoms with Crippen molar-refractivity contribution in [3.8, 4) is 33.5 Å². The van der Waals surface area contributed by atoms with Gasteiger partial charge in [0.15, 0.2) is 0 Å². The molecular weight excluding hydrogens is 484 g/mol. The van der Waals surface area contributed by atoms with E-state index in [4.69, 9.17) is 5.10 Å². The van der Waals surface area contributed by atoms with Gasteiger partial charge in [0.1, 0.15) is 23.0 Å². The van der Waals surface area contributed by atoms with Crippen LogP contribution in [0, 0.1) is 0 Å². The van der Waals surface area contributed by atoms with Crippen LogP contribution in [0.1, 0.15) is 0 Å². The first-order valence-corrected chi connectivity index (χ1v) is 12.6. The summed E-state index contributed by atoms with van der Waals surface area (Å²) in [5.74, 6) is 1.15. The Bertz CT molecular complexity index is 2000. The van der Waals surface area contributed by atoms with Crippen molar-refractivity contribution in [2.45, 2.75) is 0 Å². The highest BCUT2D eigenvalue weighted by Crippen LogP contribution is 2.36. The van der Waals surface area contributed by atoms with Crippen molar-refractivity contribution in [2.75, 3.05) is 5.32 Å². The van der Waals surface area contributed by atoms with Crippen LogP contribution in [0.25, 0.3) is 50.1 Å². The summed E-state index contributed by atoms with van der Waals surface area (Å²) in [6.45, 7) is 0. The number of hydrogen-bond acceptors (Lipinski definition) is 5. The van der Waals surface area contributed by atoms with Gasteiger partial charge >= 0.3 is 0 Å². The van der Waals surface area contributed by atoms with E-state index < -0.39 is 0 Å². The van der Waals surface area contributed by atoms with Crippen LogP contribution in [0.4, 0.5) is 11.6 Å². The maximum atomic E-state index is 14.3. The number of aromatic amines is 1. The van der Waals surface area contributed by atoms with Crippen molar-refractivity contribution in [1.29, 1.82) is 0 Å². The zero-order chi connectivity index (χ0) is 26.2. The Morgan fingerprint density at radius 1 is 0.667 bits per heavy atom. The molecule has 0 amide bonds. The van der Waals surface area contributed by atoms with Gasteiger partial charge in [0, 0.05) is 23.3 Å². The molecule has 4 heterocycles. The first kappa shape index (κ1) is 22.6. The predicted molar refractivity (Wildman–Crippen MR) is 155 cm³/mol. The normalized spacial score (nSPS) is 11.2. The molecule has 0 fully saturated rings. The summed E-state index contributed by atoms with van der Waals surface area (Å²) < 4.78 is 1.47. The summed E-state index contributed by atoms with van der Waals surface area (Å²) in [5.41, 5.74) is 5.85. The average molecular weight is 507 g/mol. The molecule has 0 aliphatic carbocycles. The molecule has 3 aromatic carbocycles. The summed E-state index contributed by atoms with van der Waals surface area (Å²) in [7, 11) is 0. The highest BCUT2D eigenvalue weighted by Gasteiger charge is 2.23. The van der Waals surface area contributed by atoms with E-state index in [0.29, 0.717) is 22.8 Å². The quantitative estimate of drug-likeness (QED) is 0.271. The third kappa shape index (κ3) is 4.02. The van der Waals surface area contributed by atoms with Crippen LogP contribution < -0.4 is 10.9 Å². The number of aromatic nitrogens is 5. The molecule has 0 radical (unpaired) electrons. The minimum atomic E-state index is -0.246. The molecule has 0 saturated carbocycles. The van der Waals surface area contributed by atoms with E-state index in [9.17, 15) is 4.79 Å². The van der Waals surface area contributed by atoms with E-state index in [-0.39, 0.29) is 5.56 Å². The second kappa shape index (κ2) is 9.39. The molecule has 7 heteroatoms. The van der Waals surface area contributed by atoms with Gasteiger partial charge in [0.25, 0.3) is 5.56 Å². The second-order valence-corrected chi connectivity index (χ2v) is 9.15. The standard InChI is InChI=1S/C32H22N6O/c39-32-28(24-16-17-25-23(20-24)14-9-19-33-25)30(35-26-15-7-8-18-34-26)36-31-27(21-10-3-1-4-11-21)29(37-38(31)32)22-12-5-2-6-13-22/h1-20,36H,(H,34,35). The summed E-state index contributed by atoms with van der Waals surface area (Å²) in [4.78, 5) is 26.7. The van der Waals surface area contributed by atoms with Crippen molar-refractivity contribution in [3.05, 3.63) is 132 Å². The molecule has 7 nitrogen and oxygen atoms in total. The van der Waals surface area contributed by atoms with Crippen LogP contribution in [0.2, 0.25) is 0 Å². The van der Waals surface area contributed by atoms with Crippen molar-refractivity contribution in [3.63, 3.8) is 0 Å². The first-order valence-electron chi connectivity index (χ1n) is 12.6. The number of hydrogen-bond donors (Lipinski definition) is 2. The summed E-state index contributed by atoms with van der Waals surface area (Å²) in [6, 6.07) is 35.2. The third-order valence-electron chi connectivity index (χ3n) is 6.70. The zero-order valence-electron chi connectivity index (χ0n) is 20.7. The van der Waals surface area contributed by atoms with Crippen LogP contribution in [-0.4, -0.2) is 24.6 Å². The molecule has 0 spiro atoms. The molecule has 39 heavy (non-hydrogen) atoms. The van der Waals surface area contributed by atoms with Crippen LogP contribution in [0.15, 0.2) is 126 Å². The summed E-state index contributed by atoms with van der Waals surface area (Å²) >= 11 is 0. The number of benzene rings is 3. The maximum Gasteiger partial charge on any atom is 0.284 e. The maximum absolute atomic E-state index is 14.3. The molecule has 4 aromatic heterocycles. The van der Waals surface area contributed by atoms with E-state index in [0.717, 1.165) is 38.9 Å². The lowest BCUT2D eigenvalue weighted by atomic mass is 10.0. The number of nitrogens with zero attached hydrogens (tertiary/aromatic N) is 4. The highest BCUT2D eigenvalue weighted by molar-refractivity contribution is 5.93. The number of rotatable bonds is 5. The SMILES string of the molecule is O=c1c(-c2ccc3ncccc3c2)c(Nc2ccccn2)[nH]c2c(-c3ccccc3)c(-c3ccccc3)nn12. The Morgan fingerprint density at radius 2 is 1.41 bits per heavy atom. The highest BCUT2D eigenvalue weighted by atomic mass is 16.1. The third-order valence-corrected chi connectivity index (χ3v) is 6.70. The first-order chi connectivity index (χ1) is 19.3. The fourth-order valence-electron chi connectivity index (χ4n) is 4.91. The topological polar surface area (TPSA) is 88.0 Å². The van der Waals surface area contributed by atoms with Crippen LogP contribution in [0.3, 0.4) is 0 Å². The van der Waals surface area contributed by atoms with Crippen LogP contribution in [0.5, 0.6) is 0 Å². The van der Waals surface area contributed by atoms with E-state index >= 15 is 0 Å². The fraction of sp³-hybridized carbons (Fsp3) is 0. The summed E-state index contributed by atoms with van der Waals surface area (Å²) in [6.07, 6.45) is 3.47. The molecule has 186 valence electrons. The van der Waals surface area contributed by atoms with Crippen LogP contribution in [-0.2, 0) is 0 Å². The van der Waals surface area contributed by atoms with E-state index in [1.54, 1.807) is 12.4 Å². The van der Waals surface area contributed by atoms with Gasteiger partial charge < -0.3 is 10.3 Å². The summed E-state index contributed by atoms with van der Waals surface area (Å²) in [5, 5.41) is 9.17. The van der Waals surface area contributed by atoms with Crippen LogP contribution >= 0.6 is 0 Å². The molecule has 0 atom stereocenters. The van der Waals surface area contributed by atoms with Gasteiger partial charge in [0.2, 0.25) is 0 Å². The minimum Gasteiger partial charge on any atom is -0.326 e. The largest absolute Gasteiger partial charge is 0.326 e. The Kier molecular flexibility index (Phi) is 5.45. The molecule has 0 saturated heterocycles. The molecular formula is C32H22N6O. The van der Waals surface area contributed by atoms with Gasteiger partial charge in [-0.05, 0) is 41.5 Å². The lowest BCUT2D eigenvalue weighted by Gasteiger charge is -2.13. The van der Waals surface area contributed by atoms with Gasteiger partial charge in [0.05, 0.1) is 16.6 Å². The number of fused-ring (bicyclic) bond motifs is 2. The molecule has 7 rings (SSSR count). The number of anilines is 2. The fourth-order valence-corrected chi connectivity index (χ4v) is 4.91. The Balaban J connectivity index is 1.56. The lowest BCUT2D eigenvalue weighted by Crippen LogP contribution is -2.19. The number of nitrogens with one attached hydrogen (secondary N) is 2. The molecule has 2 N–H and O–H groups in total. The Labute approximate surface area is 223 Å². The molecule has 0 unspecified atom stereocenters. The van der Waals surface area contributed by atoms with Crippen molar-refractivity contribution in [1.82, 2.24) is 24.6 Å². The van der Waals surface area contributed by atoms with Crippen molar-refractivity contribution >= 4 is 28.2 Å². The van der Waals surface area contributed by atoms with Crippen molar-refractivity contribution in [2.24, 2.45) is 0 Å². The van der Waals surface area contributed by atoms with Gasteiger partial charge in [-0.15, -0.1) is 0 Å². The lowest BCUT2D eigenvalue weighted by molar-refractivity contribution is 0.907. The zero-order valence-corrected chi connectivity index (χ0v) is 20.7. The van der Waals surface area contributed by atoms with E-state index in [1.807, 2.05) is 109 Å². The second-order valence-electron chi connectivity index (χ2n) is 9.15. The molecule has 0 bridgehead atoms. The molecule has 0 aliphatic heterocycles. The van der Waals surface area contributed by atoms with E-state index in [2.05, 4.69) is 20.3 Å². The Hall–Kier alpha value is -5.56. The Morgan fingerprint density at radius 3 is 2.18 bits per heavy atom. The number of H-pyrrole nitrogens is 1. The average Bonchev–Trinajstić information content (AvgIpc) is 3.38. The minimum absolute atomic E-state index is 0.246. The number of pyridine rings is 2. The van der Waals surface area contributed by atoms with Gasteiger partial charge in [-0.3, -0.25) is 9.78 Å². The van der Waals surface area contributed by atoms with E-state index in [1.165, 1.54) is 4.52 Å². The molecule has 7 aromatic rings. The monoisotopic (exact) mass is 506 g/mol. The van der Waals surface area contributed by atoms with Gasteiger partial charge in [-0.2, -0.15) is 9.61 Å². The van der Waals surface area contributed by atoms with Gasteiger partial charge in [-0.1, -0.05) is 78.9 Å². The van der Waals surface area contributed by atoms with Gasteiger partial charge in [-0.25, -0.2) is 4.98 Å². The van der Waals surface area contributed by atoms with Crippen molar-refractivity contribution < 1.29 is 0 Å².